The molecule has 0 aliphatic heterocycles. The molecule has 0 saturated carbocycles. The van der Waals surface area contributed by atoms with Gasteiger partial charge < -0.3 is 10.1 Å². The van der Waals surface area contributed by atoms with Crippen LogP contribution in [0.4, 0.5) is 5.69 Å². The minimum absolute atomic E-state index is 0.0752. The molecule has 0 spiro atoms. The zero-order valence-electron chi connectivity index (χ0n) is 10.8. The number of hydrogen-bond donors (Lipinski definition) is 1. The molecule has 0 fully saturated rings. The average molecular weight is 402 g/mol. The van der Waals surface area contributed by atoms with Gasteiger partial charge in [-0.05, 0) is 59.3 Å². The van der Waals surface area contributed by atoms with Gasteiger partial charge >= 0.3 is 0 Å². The topological polar surface area (TPSA) is 38.3 Å². The van der Waals surface area contributed by atoms with E-state index in [1.54, 1.807) is 18.2 Å². The molecule has 0 heterocycles. The third-order valence-electron chi connectivity index (χ3n) is 2.65. The van der Waals surface area contributed by atoms with Crippen LogP contribution in [0.1, 0.15) is 5.56 Å². The smallest absolute Gasteiger partial charge is 0.262 e. The monoisotopic (exact) mass is 401 g/mol. The van der Waals surface area contributed by atoms with Crippen LogP contribution in [0.2, 0.25) is 5.02 Å². The highest BCUT2D eigenvalue weighted by Gasteiger charge is 2.06. The molecule has 1 N–H and O–H groups in total. The van der Waals surface area contributed by atoms with Gasteiger partial charge in [0.15, 0.2) is 6.61 Å². The SMILES string of the molecule is Cc1ccc(NC(=O)COc2ccccc2Cl)cc1I. The van der Waals surface area contributed by atoms with E-state index in [1.165, 1.54) is 5.56 Å². The predicted molar refractivity (Wildman–Crippen MR) is 89.5 cm³/mol. The molecule has 104 valence electrons. The highest BCUT2D eigenvalue weighted by atomic mass is 127. The molecule has 0 unspecified atom stereocenters. The first kappa shape index (κ1) is 15.1. The second-order valence-electron chi connectivity index (χ2n) is 4.23. The maximum atomic E-state index is 11.8. The summed E-state index contributed by atoms with van der Waals surface area (Å²) in [5, 5.41) is 3.28. The van der Waals surface area contributed by atoms with E-state index >= 15 is 0 Å². The summed E-state index contributed by atoms with van der Waals surface area (Å²) in [5.41, 5.74) is 1.93. The van der Waals surface area contributed by atoms with Crippen LogP contribution in [0, 0.1) is 10.5 Å². The maximum Gasteiger partial charge on any atom is 0.262 e. The summed E-state index contributed by atoms with van der Waals surface area (Å²) in [4.78, 5) is 11.8. The van der Waals surface area contributed by atoms with Gasteiger partial charge in [-0.2, -0.15) is 0 Å². The number of hydrogen-bond acceptors (Lipinski definition) is 2. The molecule has 0 bridgehead atoms. The summed E-state index contributed by atoms with van der Waals surface area (Å²) in [7, 11) is 0. The van der Waals surface area contributed by atoms with Gasteiger partial charge in [-0.3, -0.25) is 4.79 Å². The predicted octanol–water partition coefficient (Wildman–Crippen LogP) is 4.27. The number of nitrogens with one attached hydrogen (secondary N) is 1. The fourth-order valence-corrected chi connectivity index (χ4v) is 2.28. The highest BCUT2D eigenvalue weighted by molar-refractivity contribution is 14.1. The van der Waals surface area contributed by atoms with Crippen molar-refractivity contribution in [1.29, 1.82) is 0 Å². The van der Waals surface area contributed by atoms with E-state index in [-0.39, 0.29) is 12.5 Å². The van der Waals surface area contributed by atoms with Crippen LogP contribution >= 0.6 is 34.2 Å². The molecule has 1 amide bonds. The number of carbonyl (C=O) groups is 1. The Morgan fingerprint density at radius 1 is 1.30 bits per heavy atom. The lowest BCUT2D eigenvalue weighted by atomic mass is 10.2. The van der Waals surface area contributed by atoms with Crippen LogP contribution in [0.3, 0.4) is 0 Å². The van der Waals surface area contributed by atoms with Gasteiger partial charge in [0.1, 0.15) is 5.75 Å². The third-order valence-corrected chi connectivity index (χ3v) is 4.13. The Bertz CT molecular complexity index is 631. The molecule has 0 aliphatic carbocycles. The molecule has 2 aromatic carbocycles. The number of rotatable bonds is 4. The van der Waals surface area contributed by atoms with E-state index in [4.69, 9.17) is 16.3 Å². The van der Waals surface area contributed by atoms with E-state index in [9.17, 15) is 4.79 Å². The highest BCUT2D eigenvalue weighted by Crippen LogP contribution is 2.23. The van der Waals surface area contributed by atoms with Gasteiger partial charge in [0.25, 0.3) is 5.91 Å². The number of para-hydroxylation sites is 1. The Balaban J connectivity index is 1.93. The number of halogens is 2. The quantitative estimate of drug-likeness (QED) is 0.777. The number of anilines is 1. The van der Waals surface area contributed by atoms with E-state index in [1.807, 2.05) is 31.2 Å². The van der Waals surface area contributed by atoms with Crippen LogP contribution in [0.5, 0.6) is 5.75 Å². The number of ether oxygens (including phenoxy) is 1. The molecule has 0 radical (unpaired) electrons. The molecular formula is C15H13ClINO2. The van der Waals surface area contributed by atoms with Crippen molar-refractivity contribution in [3.05, 3.63) is 56.6 Å². The normalized spacial score (nSPS) is 10.2. The second-order valence-corrected chi connectivity index (χ2v) is 5.80. The zero-order valence-corrected chi connectivity index (χ0v) is 13.7. The number of amides is 1. The lowest BCUT2D eigenvalue weighted by molar-refractivity contribution is -0.118. The Morgan fingerprint density at radius 3 is 2.75 bits per heavy atom. The Kier molecular flexibility index (Phi) is 5.25. The summed E-state index contributed by atoms with van der Waals surface area (Å²) in [5.74, 6) is 0.285. The van der Waals surface area contributed by atoms with Crippen molar-refractivity contribution in [2.24, 2.45) is 0 Å². The number of aryl methyl sites for hydroxylation is 1. The number of benzene rings is 2. The molecule has 0 aromatic heterocycles. The molecule has 2 aromatic rings. The molecular weight excluding hydrogens is 389 g/mol. The molecule has 3 nitrogen and oxygen atoms in total. The van der Waals surface area contributed by atoms with Crippen LogP contribution in [0.25, 0.3) is 0 Å². The minimum atomic E-state index is -0.218. The lowest BCUT2D eigenvalue weighted by Crippen LogP contribution is -2.20. The molecule has 0 aliphatic rings. The van der Waals surface area contributed by atoms with E-state index < -0.39 is 0 Å². The van der Waals surface area contributed by atoms with Crippen LogP contribution in [-0.4, -0.2) is 12.5 Å². The van der Waals surface area contributed by atoms with Gasteiger partial charge in [0, 0.05) is 9.26 Å². The van der Waals surface area contributed by atoms with Crippen molar-refractivity contribution in [2.75, 3.05) is 11.9 Å². The standard InChI is InChI=1S/C15H13ClINO2/c1-10-6-7-11(8-13(10)17)18-15(19)9-20-14-5-3-2-4-12(14)16/h2-8H,9H2,1H3,(H,18,19). The van der Waals surface area contributed by atoms with Crippen molar-refractivity contribution in [3.8, 4) is 5.75 Å². The minimum Gasteiger partial charge on any atom is -0.482 e. The van der Waals surface area contributed by atoms with Crippen LogP contribution in [-0.2, 0) is 4.79 Å². The molecule has 2 rings (SSSR count). The Labute approximate surface area is 136 Å². The van der Waals surface area contributed by atoms with Crippen molar-refractivity contribution < 1.29 is 9.53 Å². The van der Waals surface area contributed by atoms with E-state index in [2.05, 4.69) is 27.9 Å². The molecule has 0 saturated heterocycles. The fraction of sp³-hybridized carbons (Fsp3) is 0.133. The van der Waals surface area contributed by atoms with Gasteiger partial charge in [0.05, 0.1) is 5.02 Å². The van der Waals surface area contributed by atoms with Crippen LogP contribution in [0.15, 0.2) is 42.5 Å². The average Bonchev–Trinajstić information content (AvgIpc) is 2.42. The number of carbonyl (C=O) groups excluding carboxylic acids is 1. The van der Waals surface area contributed by atoms with E-state index in [0.29, 0.717) is 10.8 Å². The Hall–Kier alpha value is -1.27. The molecule has 0 atom stereocenters. The van der Waals surface area contributed by atoms with E-state index in [0.717, 1.165) is 9.26 Å². The largest absolute Gasteiger partial charge is 0.482 e. The molecule has 5 heteroatoms. The first-order valence-corrected chi connectivity index (χ1v) is 7.45. The summed E-state index contributed by atoms with van der Waals surface area (Å²) in [6.45, 7) is 1.95. The molecule has 20 heavy (non-hydrogen) atoms. The summed E-state index contributed by atoms with van der Waals surface area (Å²) >= 11 is 8.18. The summed E-state index contributed by atoms with van der Waals surface area (Å²) in [6, 6.07) is 12.8. The van der Waals surface area contributed by atoms with Gasteiger partial charge in [-0.25, -0.2) is 0 Å². The fourth-order valence-electron chi connectivity index (χ4n) is 1.57. The first-order valence-electron chi connectivity index (χ1n) is 5.99. The second kappa shape index (κ2) is 6.95. The zero-order chi connectivity index (χ0) is 14.5. The third kappa shape index (κ3) is 4.11. The van der Waals surface area contributed by atoms with Crippen molar-refractivity contribution in [3.63, 3.8) is 0 Å². The lowest BCUT2D eigenvalue weighted by Gasteiger charge is -2.09. The van der Waals surface area contributed by atoms with Gasteiger partial charge in [0.2, 0.25) is 0 Å². The van der Waals surface area contributed by atoms with Gasteiger partial charge in [-0.1, -0.05) is 29.8 Å². The van der Waals surface area contributed by atoms with Crippen molar-refractivity contribution >= 4 is 45.8 Å². The Morgan fingerprint density at radius 2 is 2.05 bits per heavy atom. The summed E-state index contributed by atoms with van der Waals surface area (Å²) < 4.78 is 6.48. The first-order chi connectivity index (χ1) is 9.56. The van der Waals surface area contributed by atoms with Crippen molar-refractivity contribution in [1.82, 2.24) is 0 Å². The van der Waals surface area contributed by atoms with Crippen LogP contribution < -0.4 is 10.1 Å². The maximum absolute atomic E-state index is 11.8. The van der Waals surface area contributed by atoms with Gasteiger partial charge in [-0.15, -0.1) is 0 Å². The summed E-state index contributed by atoms with van der Waals surface area (Å²) in [6.07, 6.45) is 0. The van der Waals surface area contributed by atoms with Crippen molar-refractivity contribution in [2.45, 2.75) is 6.92 Å².